The molecule has 0 aliphatic heterocycles. The van der Waals surface area contributed by atoms with Crippen LogP contribution in [0.2, 0.25) is 0 Å². The van der Waals surface area contributed by atoms with Crippen LogP contribution in [0.5, 0.6) is 0 Å². The second kappa shape index (κ2) is 8.98. The standard InChI is InChI=1S/C24H19BrN2O2S/c1-2-16-7-13-19(14-8-16)27-23(29)20-5-3-4-6-21(20)26-24(27)30-15-22(28)17-9-11-18(25)12-10-17/h3-14H,2,15H2,1H3. The van der Waals surface area contributed by atoms with Gasteiger partial charge in [-0.2, -0.15) is 0 Å². The van der Waals surface area contributed by atoms with Crippen LogP contribution in [0.1, 0.15) is 22.8 Å². The molecule has 0 aliphatic carbocycles. The number of benzene rings is 3. The van der Waals surface area contributed by atoms with E-state index in [1.54, 1.807) is 22.8 Å². The highest BCUT2D eigenvalue weighted by atomic mass is 79.9. The topological polar surface area (TPSA) is 52.0 Å². The molecule has 4 rings (SSSR count). The highest BCUT2D eigenvalue weighted by molar-refractivity contribution is 9.10. The number of halogens is 1. The number of carbonyl (C=O) groups excluding carboxylic acids is 1. The van der Waals surface area contributed by atoms with Gasteiger partial charge in [0.15, 0.2) is 10.9 Å². The molecule has 1 heterocycles. The summed E-state index contributed by atoms with van der Waals surface area (Å²) < 4.78 is 2.52. The van der Waals surface area contributed by atoms with Gasteiger partial charge in [-0.15, -0.1) is 0 Å². The van der Waals surface area contributed by atoms with E-state index in [1.807, 2.05) is 54.6 Å². The number of Topliss-reactive ketones (excluding diaryl/α,β-unsaturated/α-hetero) is 1. The van der Waals surface area contributed by atoms with Crippen LogP contribution in [-0.4, -0.2) is 21.1 Å². The first-order valence-corrected chi connectivity index (χ1v) is 11.4. The predicted molar refractivity (Wildman–Crippen MR) is 126 cm³/mol. The molecule has 6 heteroatoms. The normalized spacial score (nSPS) is 11.0. The van der Waals surface area contributed by atoms with Crippen molar-refractivity contribution in [2.45, 2.75) is 18.5 Å². The van der Waals surface area contributed by atoms with Crippen LogP contribution in [0.25, 0.3) is 16.6 Å². The molecule has 0 saturated carbocycles. The van der Waals surface area contributed by atoms with Gasteiger partial charge in [-0.1, -0.05) is 71.0 Å². The zero-order valence-electron chi connectivity index (χ0n) is 16.3. The van der Waals surface area contributed by atoms with Crippen molar-refractivity contribution in [3.8, 4) is 5.69 Å². The number of hydrogen-bond donors (Lipinski definition) is 0. The number of rotatable bonds is 6. The van der Waals surface area contributed by atoms with E-state index in [4.69, 9.17) is 4.98 Å². The smallest absolute Gasteiger partial charge is 0.266 e. The largest absolute Gasteiger partial charge is 0.293 e. The predicted octanol–water partition coefficient (Wildman–Crippen LogP) is 5.69. The summed E-state index contributed by atoms with van der Waals surface area (Å²) in [5.74, 6) is 0.183. The van der Waals surface area contributed by atoms with Gasteiger partial charge < -0.3 is 0 Å². The average molecular weight is 479 g/mol. The summed E-state index contributed by atoms with van der Waals surface area (Å²) in [6.45, 7) is 2.09. The second-order valence-electron chi connectivity index (χ2n) is 6.79. The third-order valence-corrected chi connectivity index (χ3v) is 6.31. The fourth-order valence-corrected chi connectivity index (χ4v) is 4.34. The molecule has 0 saturated heterocycles. The number of thioether (sulfide) groups is 1. The highest BCUT2D eigenvalue weighted by Crippen LogP contribution is 2.23. The summed E-state index contributed by atoms with van der Waals surface area (Å²) in [4.78, 5) is 30.6. The molecule has 0 atom stereocenters. The molecule has 0 N–H and O–H groups in total. The lowest BCUT2D eigenvalue weighted by Crippen LogP contribution is -2.22. The molecule has 150 valence electrons. The minimum Gasteiger partial charge on any atom is -0.293 e. The van der Waals surface area contributed by atoms with E-state index in [0.29, 0.717) is 21.6 Å². The summed E-state index contributed by atoms with van der Waals surface area (Å²) in [5.41, 5.74) is 3.06. The lowest BCUT2D eigenvalue weighted by atomic mass is 10.1. The zero-order chi connectivity index (χ0) is 21.1. The monoisotopic (exact) mass is 478 g/mol. The van der Waals surface area contributed by atoms with E-state index >= 15 is 0 Å². The molecule has 0 fully saturated rings. The van der Waals surface area contributed by atoms with Crippen molar-refractivity contribution < 1.29 is 4.79 Å². The molecular formula is C24H19BrN2O2S. The molecule has 30 heavy (non-hydrogen) atoms. The first kappa shape index (κ1) is 20.6. The van der Waals surface area contributed by atoms with Crippen molar-refractivity contribution >= 4 is 44.4 Å². The van der Waals surface area contributed by atoms with Crippen LogP contribution in [0.15, 0.2) is 87.2 Å². The Bertz CT molecular complexity index is 1270. The molecule has 0 radical (unpaired) electrons. The molecule has 0 unspecified atom stereocenters. The Balaban J connectivity index is 1.74. The molecule has 0 spiro atoms. The molecular weight excluding hydrogens is 460 g/mol. The van der Waals surface area contributed by atoms with E-state index in [-0.39, 0.29) is 17.1 Å². The van der Waals surface area contributed by atoms with Crippen molar-refractivity contribution in [2.24, 2.45) is 0 Å². The van der Waals surface area contributed by atoms with Gasteiger partial charge >= 0.3 is 0 Å². The van der Waals surface area contributed by atoms with Gasteiger partial charge in [-0.3, -0.25) is 14.2 Å². The molecule has 0 amide bonds. The van der Waals surface area contributed by atoms with Gasteiger partial charge in [0.2, 0.25) is 0 Å². The van der Waals surface area contributed by atoms with Crippen LogP contribution in [0, 0.1) is 0 Å². The second-order valence-corrected chi connectivity index (χ2v) is 8.65. The first-order chi connectivity index (χ1) is 14.6. The lowest BCUT2D eigenvalue weighted by molar-refractivity contribution is 0.102. The first-order valence-electron chi connectivity index (χ1n) is 9.59. The van der Waals surface area contributed by atoms with E-state index < -0.39 is 0 Å². The summed E-state index contributed by atoms with van der Waals surface area (Å²) in [6, 6.07) is 22.4. The molecule has 4 nitrogen and oxygen atoms in total. The Morgan fingerprint density at radius 1 is 1.00 bits per heavy atom. The maximum atomic E-state index is 13.3. The molecule has 3 aromatic carbocycles. The SMILES string of the molecule is CCc1ccc(-n2c(SCC(=O)c3ccc(Br)cc3)nc3ccccc3c2=O)cc1. The number of aromatic nitrogens is 2. The Morgan fingerprint density at radius 2 is 1.70 bits per heavy atom. The van der Waals surface area contributed by atoms with E-state index in [1.165, 1.54) is 17.3 Å². The van der Waals surface area contributed by atoms with Crippen molar-refractivity contribution in [1.29, 1.82) is 0 Å². The summed E-state index contributed by atoms with van der Waals surface area (Å²) in [7, 11) is 0. The summed E-state index contributed by atoms with van der Waals surface area (Å²) in [6.07, 6.45) is 0.925. The summed E-state index contributed by atoms with van der Waals surface area (Å²) in [5, 5.41) is 1.06. The van der Waals surface area contributed by atoms with E-state index in [0.717, 1.165) is 16.6 Å². The number of hydrogen-bond acceptors (Lipinski definition) is 4. The quantitative estimate of drug-likeness (QED) is 0.203. The minimum absolute atomic E-state index is 0.0113. The third-order valence-electron chi connectivity index (χ3n) is 4.85. The Kier molecular flexibility index (Phi) is 6.16. The van der Waals surface area contributed by atoms with Gasteiger partial charge in [0.05, 0.1) is 22.3 Å². The van der Waals surface area contributed by atoms with Crippen molar-refractivity contribution in [3.05, 3.63) is 98.7 Å². The molecule has 1 aromatic heterocycles. The van der Waals surface area contributed by atoms with Crippen molar-refractivity contribution in [2.75, 3.05) is 5.75 Å². The number of ketones is 1. The Labute approximate surface area is 187 Å². The number of para-hydroxylation sites is 1. The maximum absolute atomic E-state index is 13.3. The van der Waals surface area contributed by atoms with Crippen molar-refractivity contribution in [3.63, 3.8) is 0 Å². The van der Waals surface area contributed by atoms with Crippen LogP contribution >= 0.6 is 27.7 Å². The third kappa shape index (κ3) is 4.25. The van der Waals surface area contributed by atoms with E-state index in [2.05, 4.69) is 22.9 Å². The maximum Gasteiger partial charge on any atom is 0.266 e. The van der Waals surface area contributed by atoms with Gasteiger partial charge in [-0.05, 0) is 48.4 Å². The average Bonchev–Trinajstić information content (AvgIpc) is 2.78. The summed E-state index contributed by atoms with van der Waals surface area (Å²) >= 11 is 4.66. The highest BCUT2D eigenvalue weighted by Gasteiger charge is 2.15. The fourth-order valence-electron chi connectivity index (χ4n) is 3.17. The molecule has 4 aromatic rings. The lowest BCUT2D eigenvalue weighted by Gasteiger charge is -2.13. The van der Waals surface area contributed by atoms with Crippen LogP contribution in [0.3, 0.4) is 0 Å². The fraction of sp³-hybridized carbons (Fsp3) is 0.125. The van der Waals surface area contributed by atoms with Gasteiger partial charge in [0, 0.05) is 10.0 Å². The van der Waals surface area contributed by atoms with Crippen molar-refractivity contribution in [1.82, 2.24) is 9.55 Å². The number of nitrogens with zero attached hydrogens (tertiary/aromatic N) is 2. The van der Waals surface area contributed by atoms with Gasteiger partial charge in [0.1, 0.15) is 0 Å². The molecule has 0 aliphatic rings. The molecule has 0 bridgehead atoms. The zero-order valence-corrected chi connectivity index (χ0v) is 18.7. The van der Waals surface area contributed by atoms with Gasteiger partial charge in [-0.25, -0.2) is 4.98 Å². The number of fused-ring (bicyclic) bond motifs is 1. The van der Waals surface area contributed by atoms with E-state index in [9.17, 15) is 9.59 Å². The van der Waals surface area contributed by atoms with Crippen LogP contribution in [-0.2, 0) is 6.42 Å². The van der Waals surface area contributed by atoms with Gasteiger partial charge in [0.25, 0.3) is 5.56 Å². The van der Waals surface area contributed by atoms with Crippen LogP contribution < -0.4 is 5.56 Å². The number of carbonyl (C=O) groups is 1. The van der Waals surface area contributed by atoms with Crippen LogP contribution in [0.4, 0.5) is 0 Å². The minimum atomic E-state index is -0.136. The Morgan fingerprint density at radius 3 is 2.40 bits per heavy atom. The Hall–Kier alpha value is -2.70. The number of aryl methyl sites for hydroxylation is 1.